The van der Waals surface area contributed by atoms with Gasteiger partial charge in [-0.3, -0.25) is 14.8 Å². The molecule has 6 rings (SSSR count). The molecule has 0 fully saturated rings. The number of halogens is 1. The smallest absolute Gasteiger partial charge is 0.298 e. The van der Waals surface area contributed by atoms with Gasteiger partial charge in [0.25, 0.3) is 6.47 Å². The molecule has 0 radical (unpaired) electrons. The predicted molar refractivity (Wildman–Crippen MR) is 146 cm³/mol. The highest BCUT2D eigenvalue weighted by Crippen LogP contribution is 2.34. The summed E-state index contributed by atoms with van der Waals surface area (Å²) in [5.41, 5.74) is 7.43. The molecule has 0 atom stereocenters. The average Bonchev–Trinajstić information content (AvgIpc) is 3.57. The highest BCUT2D eigenvalue weighted by atomic mass is 19.1. The maximum Gasteiger partial charge on any atom is 0.298 e. The number of hydrogen-bond donors (Lipinski definition) is 2. The number of methoxy groups -OCH3 is 1. The van der Waals surface area contributed by atoms with Crippen LogP contribution < -0.4 is 9.47 Å². The minimum Gasteiger partial charge on any atom is -0.497 e. The van der Waals surface area contributed by atoms with E-state index in [9.17, 15) is 9.18 Å². The van der Waals surface area contributed by atoms with Crippen molar-refractivity contribution in [2.45, 2.75) is 32.9 Å². The molecular weight excluding hydrogens is 497 g/mol. The minimum absolute atomic E-state index is 0.0700. The second-order valence-electron chi connectivity index (χ2n) is 9.66. The van der Waals surface area contributed by atoms with Gasteiger partial charge in [-0.05, 0) is 65.1 Å². The van der Waals surface area contributed by atoms with E-state index >= 15 is 0 Å². The molecule has 0 aliphatic carbocycles. The van der Waals surface area contributed by atoms with Crippen molar-refractivity contribution in [3.8, 4) is 34.1 Å². The number of ether oxygens (including phenoxy) is 2. The summed E-state index contributed by atoms with van der Waals surface area (Å²) in [5, 5.41) is 8.61. The average molecular weight is 526 g/mol. The summed E-state index contributed by atoms with van der Waals surface area (Å²) in [7, 11) is 1.68. The van der Waals surface area contributed by atoms with Crippen molar-refractivity contribution in [1.82, 2.24) is 25.1 Å². The third kappa shape index (κ3) is 4.77. The summed E-state index contributed by atoms with van der Waals surface area (Å²) < 4.78 is 24.7. The number of hydrogen-bond acceptors (Lipinski definition) is 6. The Bertz CT molecular complexity index is 1670. The summed E-state index contributed by atoms with van der Waals surface area (Å²) in [6.07, 6.45) is 1.52. The van der Waals surface area contributed by atoms with Gasteiger partial charge in [0, 0.05) is 31.4 Å². The molecule has 0 unspecified atom stereocenters. The number of carbonyl (C=O) groups excluding carboxylic acids is 1. The molecule has 3 heterocycles. The van der Waals surface area contributed by atoms with E-state index < -0.39 is 5.82 Å². The first-order chi connectivity index (χ1) is 19.1. The van der Waals surface area contributed by atoms with Crippen LogP contribution in [0.3, 0.4) is 0 Å². The molecule has 1 aliphatic rings. The fraction of sp³-hybridized carbons (Fsp3) is 0.233. The maximum absolute atomic E-state index is 14.5. The zero-order valence-corrected chi connectivity index (χ0v) is 21.8. The SMILES string of the molecule is CCc1cc(OC=O)c(F)cc1-c1ccc2c(-c3nc4c([nH]3)CN(Cc3cccc(OC)c3)CC4)n[nH]c2c1. The first-order valence-electron chi connectivity index (χ1n) is 12.9. The summed E-state index contributed by atoms with van der Waals surface area (Å²) in [6.45, 7) is 4.75. The van der Waals surface area contributed by atoms with E-state index in [2.05, 4.69) is 32.2 Å². The van der Waals surface area contributed by atoms with Crippen LogP contribution in [0.4, 0.5) is 4.39 Å². The lowest BCUT2D eigenvalue weighted by molar-refractivity contribution is -0.120. The molecule has 3 aromatic carbocycles. The molecule has 0 bridgehead atoms. The van der Waals surface area contributed by atoms with Crippen molar-refractivity contribution < 1.29 is 18.7 Å². The van der Waals surface area contributed by atoms with Crippen molar-refractivity contribution >= 4 is 17.4 Å². The van der Waals surface area contributed by atoms with Gasteiger partial charge in [0.05, 0.1) is 24.0 Å². The third-order valence-electron chi connectivity index (χ3n) is 7.26. The first-order valence-corrected chi connectivity index (χ1v) is 12.9. The van der Waals surface area contributed by atoms with Crippen LogP contribution in [0.5, 0.6) is 11.5 Å². The van der Waals surface area contributed by atoms with E-state index in [4.69, 9.17) is 14.5 Å². The van der Waals surface area contributed by atoms with Crippen LogP contribution in [0, 0.1) is 5.82 Å². The fourth-order valence-electron chi connectivity index (χ4n) is 5.29. The molecule has 0 saturated carbocycles. The van der Waals surface area contributed by atoms with E-state index in [1.54, 1.807) is 13.2 Å². The lowest BCUT2D eigenvalue weighted by Crippen LogP contribution is -2.30. The number of aromatic nitrogens is 4. The van der Waals surface area contributed by atoms with Gasteiger partial charge >= 0.3 is 0 Å². The topological polar surface area (TPSA) is 96.1 Å². The second-order valence-corrected chi connectivity index (χ2v) is 9.66. The van der Waals surface area contributed by atoms with Crippen LogP contribution in [0.25, 0.3) is 33.5 Å². The Morgan fingerprint density at radius 2 is 2.05 bits per heavy atom. The maximum atomic E-state index is 14.5. The molecule has 5 aromatic rings. The monoisotopic (exact) mass is 525 g/mol. The number of carbonyl (C=O) groups is 1. The Kier molecular flexibility index (Phi) is 6.58. The molecular formula is C30H28FN5O3. The van der Waals surface area contributed by atoms with Gasteiger partial charge in [0.15, 0.2) is 17.4 Å². The van der Waals surface area contributed by atoms with Crippen LogP contribution in [-0.2, 0) is 30.7 Å². The molecule has 9 heteroatoms. The molecule has 1 aliphatic heterocycles. The van der Waals surface area contributed by atoms with E-state index in [-0.39, 0.29) is 12.2 Å². The number of H-pyrrole nitrogens is 2. The van der Waals surface area contributed by atoms with Gasteiger partial charge < -0.3 is 14.5 Å². The van der Waals surface area contributed by atoms with E-state index in [1.807, 2.05) is 37.3 Å². The van der Waals surface area contributed by atoms with E-state index in [0.717, 1.165) is 82.3 Å². The molecule has 0 amide bonds. The Morgan fingerprint density at radius 3 is 2.87 bits per heavy atom. The fourth-order valence-corrected chi connectivity index (χ4v) is 5.29. The molecule has 198 valence electrons. The number of nitrogens with one attached hydrogen (secondary N) is 2. The molecule has 8 nitrogen and oxygen atoms in total. The Hall–Kier alpha value is -4.50. The minimum atomic E-state index is -0.582. The van der Waals surface area contributed by atoms with Gasteiger partial charge in [-0.25, -0.2) is 9.37 Å². The van der Waals surface area contributed by atoms with Crippen molar-refractivity contribution in [3.63, 3.8) is 0 Å². The van der Waals surface area contributed by atoms with Crippen LogP contribution in [0.15, 0.2) is 54.6 Å². The molecule has 2 aromatic heterocycles. The van der Waals surface area contributed by atoms with Gasteiger partial charge in [-0.2, -0.15) is 5.10 Å². The van der Waals surface area contributed by atoms with Gasteiger partial charge in [-0.15, -0.1) is 0 Å². The number of imidazole rings is 1. The van der Waals surface area contributed by atoms with Crippen molar-refractivity contribution in [2.75, 3.05) is 13.7 Å². The van der Waals surface area contributed by atoms with Gasteiger partial charge in [0.2, 0.25) is 0 Å². The third-order valence-corrected chi connectivity index (χ3v) is 7.26. The van der Waals surface area contributed by atoms with Gasteiger partial charge in [-0.1, -0.05) is 25.1 Å². The number of aryl methyl sites for hydroxylation is 1. The summed E-state index contributed by atoms with van der Waals surface area (Å²) >= 11 is 0. The van der Waals surface area contributed by atoms with E-state index in [1.165, 1.54) is 11.6 Å². The number of aromatic amines is 2. The Morgan fingerprint density at radius 1 is 1.15 bits per heavy atom. The van der Waals surface area contributed by atoms with Crippen LogP contribution >= 0.6 is 0 Å². The number of fused-ring (bicyclic) bond motifs is 2. The molecule has 0 saturated heterocycles. The van der Waals surface area contributed by atoms with Crippen molar-refractivity contribution in [3.05, 3.63) is 82.9 Å². The molecule has 0 spiro atoms. The van der Waals surface area contributed by atoms with Crippen LogP contribution in [0.1, 0.15) is 29.4 Å². The van der Waals surface area contributed by atoms with Crippen molar-refractivity contribution in [1.29, 1.82) is 0 Å². The molecule has 39 heavy (non-hydrogen) atoms. The molecule has 2 N–H and O–H groups in total. The second kappa shape index (κ2) is 10.3. The summed E-state index contributed by atoms with van der Waals surface area (Å²) in [4.78, 5) is 21.5. The van der Waals surface area contributed by atoms with E-state index in [0.29, 0.717) is 6.42 Å². The zero-order valence-electron chi connectivity index (χ0n) is 21.8. The summed E-state index contributed by atoms with van der Waals surface area (Å²) in [5.74, 6) is 0.945. The number of nitrogens with zero attached hydrogens (tertiary/aromatic N) is 3. The first kappa shape index (κ1) is 24.8. The lowest BCUT2D eigenvalue weighted by atomic mass is 9.96. The normalized spacial score (nSPS) is 13.4. The Balaban J connectivity index is 1.26. The standard InChI is InChI=1S/C30H28FN5O3/c1-3-19-13-28(39-17-37)24(31)14-23(19)20-7-8-22-26(12-20)34-35-29(22)30-32-25-9-10-36(16-27(25)33-30)15-18-5-4-6-21(11-18)38-2/h4-8,11-14,17H,3,9-10,15-16H2,1-2H3,(H,32,33)(H,34,35). The van der Waals surface area contributed by atoms with Crippen molar-refractivity contribution in [2.24, 2.45) is 0 Å². The number of rotatable bonds is 8. The highest BCUT2D eigenvalue weighted by Gasteiger charge is 2.23. The van der Waals surface area contributed by atoms with Crippen LogP contribution in [0.2, 0.25) is 0 Å². The number of benzene rings is 3. The quantitative estimate of drug-likeness (QED) is 0.263. The largest absolute Gasteiger partial charge is 0.497 e. The summed E-state index contributed by atoms with van der Waals surface area (Å²) in [6, 6.07) is 17.0. The lowest BCUT2D eigenvalue weighted by Gasteiger charge is -2.26. The highest BCUT2D eigenvalue weighted by molar-refractivity contribution is 5.94. The van der Waals surface area contributed by atoms with Gasteiger partial charge in [0.1, 0.15) is 11.4 Å². The van der Waals surface area contributed by atoms with Crippen LogP contribution in [-0.4, -0.2) is 45.2 Å². The zero-order chi connectivity index (χ0) is 26.9. The predicted octanol–water partition coefficient (Wildman–Crippen LogP) is 5.42. The Labute approximate surface area is 224 Å².